The number of anilines is 1. The molecule has 0 amide bonds. The summed E-state index contributed by atoms with van der Waals surface area (Å²) in [5.41, 5.74) is 11.6. The van der Waals surface area contributed by atoms with Crippen LogP contribution in [0.2, 0.25) is 0 Å². The van der Waals surface area contributed by atoms with E-state index in [0.717, 1.165) is 36.8 Å². The van der Waals surface area contributed by atoms with E-state index in [1.807, 2.05) is 37.2 Å². The Morgan fingerprint density at radius 2 is 1.76 bits per heavy atom. The van der Waals surface area contributed by atoms with E-state index in [9.17, 15) is 13.2 Å². The van der Waals surface area contributed by atoms with Crippen LogP contribution in [-0.4, -0.2) is 53.6 Å². The molecule has 0 aromatic heterocycles. The Bertz CT molecular complexity index is 1080. The number of carbonyl (C=O) groups is 1. The van der Waals surface area contributed by atoms with Gasteiger partial charge in [0.2, 0.25) is 10.0 Å². The number of sulfonamides is 1. The molecule has 2 rings (SSSR count). The Morgan fingerprint density at radius 3 is 2.44 bits per heavy atom. The quantitative estimate of drug-likeness (QED) is 0.160. The van der Waals surface area contributed by atoms with Crippen molar-refractivity contribution in [2.24, 2.45) is 16.5 Å². The Kier molecular flexibility index (Phi) is 10.6. The molecule has 0 radical (unpaired) electrons. The maximum atomic E-state index is 13.4. The molecule has 9 nitrogen and oxygen atoms in total. The van der Waals surface area contributed by atoms with Crippen LogP contribution in [0, 0.1) is 0 Å². The lowest BCUT2D eigenvalue weighted by molar-refractivity contribution is -0.146. The molecule has 0 spiro atoms. The Morgan fingerprint density at radius 1 is 1.06 bits per heavy atom. The minimum atomic E-state index is -4.02. The third-order valence-electron chi connectivity index (χ3n) is 5.40. The summed E-state index contributed by atoms with van der Waals surface area (Å²) in [7, 11) is -0.221. The second-order valence-corrected chi connectivity index (χ2v) is 10.1. The molecule has 2 aromatic rings. The number of esters is 1. The van der Waals surface area contributed by atoms with Gasteiger partial charge in [-0.25, -0.2) is 8.42 Å². The normalized spacial score (nSPS) is 12.3. The summed E-state index contributed by atoms with van der Waals surface area (Å²) in [6, 6.07) is 9.57. The van der Waals surface area contributed by atoms with Crippen molar-refractivity contribution in [3.8, 4) is 0 Å². The van der Waals surface area contributed by atoms with Crippen molar-refractivity contribution in [1.29, 1.82) is 0 Å². The number of hydrogen-bond acceptors (Lipinski definition) is 6. The van der Waals surface area contributed by atoms with Gasteiger partial charge in [0.1, 0.15) is 6.04 Å². The number of carbonyl (C=O) groups excluding carboxylic acids is 1. The topological polar surface area (TPSA) is 140 Å². The molecule has 5 N–H and O–H groups in total. The number of nitrogens with two attached hydrogens (primary N) is 2. The lowest BCUT2D eigenvalue weighted by atomic mass is 10.1. The molecule has 0 fully saturated rings. The van der Waals surface area contributed by atoms with Crippen LogP contribution in [0.5, 0.6) is 0 Å². The van der Waals surface area contributed by atoms with Crippen LogP contribution in [0.1, 0.15) is 45.4 Å². The first-order valence-electron chi connectivity index (χ1n) is 11.6. The van der Waals surface area contributed by atoms with Crippen molar-refractivity contribution in [2.45, 2.75) is 56.4 Å². The summed E-state index contributed by atoms with van der Waals surface area (Å²) in [6.45, 7) is 2.64. The zero-order valence-corrected chi connectivity index (χ0v) is 21.1. The molecule has 10 heteroatoms. The fourth-order valence-corrected chi connectivity index (χ4v) is 5.11. The molecule has 0 saturated carbocycles. The number of nitrogens with one attached hydrogen (secondary N) is 1. The third-order valence-corrected chi connectivity index (χ3v) is 6.93. The number of nitrogens with zero attached hydrogens (tertiary/aromatic N) is 2. The third kappa shape index (κ3) is 7.88. The Labute approximate surface area is 202 Å². The summed E-state index contributed by atoms with van der Waals surface area (Å²) in [6.07, 6.45) is 4.44. The van der Waals surface area contributed by atoms with Crippen LogP contribution in [0.15, 0.2) is 46.3 Å². The van der Waals surface area contributed by atoms with Crippen molar-refractivity contribution in [1.82, 2.24) is 4.72 Å². The summed E-state index contributed by atoms with van der Waals surface area (Å²) >= 11 is 0. The molecule has 2 aromatic carbocycles. The van der Waals surface area contributed by atoms with E-state index < -0.39 is 22.0 Å². The predicted molar refractivity (Wildman–Crippen MR) is 137 cm³/mol. The Hall–Kier alpha value is -2.85. The van der Waals surface area contributed by atoms with Gasteiger partial charge in [0.25, 0.3) is 0 Å². The first-order chi connectivity index (χ1) is 16.2. The zero-order valence-electron chi connectivity index (χ0n) is 20.3. The van der Waals surface area contributed by atoms with Gasteiger partial charge in [-0.1, -0.05) is 50.5 Å². The second-order valence-electron chi connectivity index (χ2n) is 8.37. The molecule has 0 aliphatic heterocycles. The van der Waals surface area contributed by atoms with Crippen LogP contribution in [0.25, 0.3) is 10.8 Å². The van der Waals surface area contributed by atoms with Gasteiger partial charge >= 0.3 is 5.97 Å². The van der Waals surface area contributed by atoms with E-state index in [4.69, 9.17) is 16.2 Å². The highest BCUT2D eigenvalue weighted by molar-refractivity contribution is 7.89. The second kappa shape index (κ2) is 13.1. The number of aliphatic imine (C=N–C) groups is 1. The van der Waals surface area contributed by atoms with Crippen molar-refractivity contribution in [3.05, 3.63) is 36.4 Å². The van der Waals surface area contributed by atoms with Crippen LogP contribution < -0.4 is 21.1 Å². The number of benzene rings is 2. The standard InChI is InChI=1S/C24H37N5O4S/c1-4-5-6-7-17-33-23(30)20(13-10-16-27-24(25)26)28-34(31,32)22-15-9-11-18-19(22)12-8-14-21(18)29(2)3/h8-9,11-12,14-15,20,28H,4-7,10,13,16-17H2,1-3H3,(H4,25,26,27)/t20-/m0/s1. The van der Waals surface area contributed by atoms with Gasteiger partial charge < -0.3 is 21.1 Å². The van der Waals surface area contributed by atoms with E-state index in [1.165, 1.54) is 6.07 Å². The minimum Gasteiger partial charge on any atom is -0.465 e. The maximum absolute atomic E-state index is 13.4. The summed E-state index contributed by atoms with van der Waals surface area (Å²) < 4.78 is 34.8. The summed E-state index contributed by atoms with van der Waals surface area (Å²) in [4.78, 5) is 18.7. The minimum absolute atomic E-state index is 0.0527. The lowest BCUT2D eigenvalue weighted by Crippen LogP contribution is -2.42. The van der Waals surface area contributed by atoms with Gasteiger partial charge in [-0.2, -0.15) is 4.72 Å². The fraction of sp³-hybridized carbons (Fsp3) is 0.500. The van der Waals surface area contributed by atoms with E-state index >= 15 is 0 Å². The highest BCUT2D eigenvalue weighted by Crippen LogP contribution is 2.30. The lowest BCUT2D eigenvalue weighted by Gasteiger charge is -2.20. The first-order valence-corrected chi connectivity index (χ1v) is 13.1. The van der Waals surface area contributed by atoms with Gasteiger partial charge in [0, 0.05) is 37.1 Å². The zero-order chi connectivity index (χ0) is 25.1. The van der Waals surface area contributed by atoms with Crippen molar-refractivity contribution < 1.29 is 17.9 Å². The predicted octanol–water partition coefficient (Wildman–Crippen LogP) is 2.73. The molecule has 1 atom stereocenters. The van der Waals surface area contributed by atoms with Crippen LogP contribution in [-0.2, 0) is 19.6 Å². The van der Waals surface area contributed by atoms with E-state index in [-0.39, 0.29) is 30.4 Å². The molecule has 34 heavy (non-hydrogen) atoms. The van der Waals surface area contributed by atoms with Gasteiger partial charge in [-0.3, -0.25) is 9.79 Å². The molecule has 0 bridgehead atoms. The highest BCUT2D eigenvalue weighted by Gasteiger charge is 2.28. The largest absolute Gasteiger partial charge is 0.465 e. The molecule has 0 unspecified atom stereocenters. The number of fused-ring (bicyclic) bond motifs is 1. The molecule has 0 aliphatic carbocycles. The number of ether oxygens (including phenoxy) is 1. The molecule has 0 aliphatic rings. The van der Waals surface area contributed by atoms with Gasteiger partial charge in [-0.05, 0) is 31.4 Å². The van der Waals surface area contributed by atoms with Crippen molar-refractivity contribution in [2.75, 3.05) is 32.1 Å². The monoisotopic (exact) mass is 491 g/mol. The Balaban J connectivity index is 2.26. The van der Waals surface area contributed by atoms with Crippen molar-refractivity contribution >= 4 is 38.4 Å². The highest BCUT2D eigenvalue weighted by atomic mass is 32.2. The average Bonchev–Trinajstić information content (AvgIpc) is 2.79. The summed E-state index contributed by atoms with van der Waals surface area (Å²) in [5, 5.41) is 1.38. The van der Waals surface area contributed by atoms with E-state index in [0.29, 0.717) is 11.8 Å². The molecule has 188 valence electrons. The molecular formula is C24H37N5O4S. The summed E-state index contributed by atoms with van der Waals surface area (Å²) in [5.74, 6) is -0.651. The number of rotatable bonds is 14. The number of unbranched alkanes of at least 4 members (excludes halogenated alkanes) is 3. The van der Waals surface area contributed by atoms with Crippen LogP contribution in [0.3, 0.4) is 0 Å². The smallest absolute Gasteiger partial charge is 0.324 e. The van der Waals surface area contributed by atoms with Crippen molar-refractivity contribution in [3.63, 3.8) is 0 Å². The molecular weight excluding hydrogens is 454 g/mol. The average molecular weight is 492 g/mol. The number of hydrogen-bond donors (Lipinski definition) is 3. The van der Waals surface area contributed by atoms with E-state index in [1.54, 1.807) is 12.1 Å². The maximum Gasteiger partial charge on any atom is 0.324 e. The van der Waals surface area contributed by atoms with Gasteiger partial charge in [0.15, 0.2) is 5.96 Å². The van der Waals surface area contributed by atoms with E-state index in [2.05, 4.69) is 16.6 Å². The SMILES string of the molecule is CCCCCCOC(=O)[C@H](CCCN=C(N)N)NS(=O)(=O)c1cccc2c(N(C)C)cccc12. The molecule has 0 heterocycles. The van der Waals surface area contributed by atoms with Gasteiger partial charge in [0.05, 0.1) is 11.5 Å². The fourth-order valence-electron chi connectivity index (χ4n) is 3.67. The first kappa shape index (κ1) is 27.4. The number of guanidine groups is 1. The van der Waals surface area contributed by atoms with Crippen LogP contribution >= 0.6 is 0 Å². The molecule has 0 saturated heterocycles. The van der Waals surface area contributed by atoms with Crippen LogP contribution in [0.4, 0.5) is 5.69 Å². The van der Waals surface area contributed by atoms with Gasteiger partial charge in [-0.15, -0.1) is 0 Å².